The van der Waals surface area contributed by atoms with E-state index in [-0.39, 0.29) is 11.9 Å². The van der Waals surface area contributed by atoms with Gasteiger partial charge in [-0.3, -0.25) is 4.79 Å². The summed E-state index contributed by atoms with van der Waals surface area (Å²) in [5, 5.41) is 1.29. The first-order valence-electron chi connectivity index (χ1n) is 5.78. The van der Waals surface area contributed by atoms with Crippen molar-refractivity contribution in [2.45, 2.75) is 19.8 Å². The molecule has 1 unspecified atom stereocenters. The maximum Gasteiger partial charge on any atom is 0.312 e. The molecule has 0 aliphatic rings. The molecule has 2 aromatic rings. The molecular formula is C14H13BrClNO2. The third-order valence-corrected chi connectivity index (χ3v) is 4.24. The highest BCUT2D eigenvalue weighted by molar-refractivity contribution is 9.10. The Kier molecular flexibility index (Phi) is 4.11. The molecule has 100 valence electrons. The van der Waals surface area contributed by atoms with Crippen molar-refractivity contribution >= 4 is 44.4 Å². The van der Waals surface area contributed by atoms with Crippen molar-refractivity contribution in [3.63, 3.8) is 0 Å². The molecule has 0 spiro atoms. The lowest BCUT2D eigenvalue weighted by Crippen LogP contribution is -2.11. The van der Waals surface area contributed by atoms with Gasteiger partial charge in [0.1, 0.15) is 5.15 Å². The minimum absolute atomic E-state index is 0.288. The second kappa shape index (κ2) is 5.47. The zero-order valence-corrected chi connectivity index (χ0v) is 13.2. The van der Waals surface area contributed by atoms with Crippen LogP contribution in [0.3, 0.4) is 0 Å². The number of ether oxygens (including phenoxy) is 1. The summed E-state index contributed by atoms with van der Waals surface area (Å²) in [6, 6.07) is 5.60. The summed E-state index contributed by atoms with van der Waals surface area (Å²) in [6.07, 6.45) is 0. The fraction of sp³-hybridized carbons (Fsp3) is 0.286. The standard InChI is InChI=1S/C14H13BrClNO2/c1-7(14(18)19-3)10-6-12(16)17-13-8(2)11(15)5-4-9(10)13/h4-7H,1-3H3. The van der Waals surface area contributed by atoms with E-state index in [9.17, 15) is 4.79 Å². The highest BCUT2D eigenvalue weighted by Crippen LogP contribution is 2.32. The van der Waals surface area contributed by atoms with Crippen LogP contribution in [0.2, 0.25) is 5.15 Å². The van der Waals surface area contributed by atoms with Crippen LogP contribution in [0.4, 0.5) is 0 Å². The zero-order chi connectivity index (χ0) is 14.2. The van der Waals surface area contributed by atoms with Gasteiger partial charge in [0.25, 0.3) is 0 Å². The Labute approximate surface area is 125 Å². The number of esters is 1. The molecule has 0 saturated carbocycles. The number of aromatic nitrogens is 1. The monoisotopic (exact) mass is 341 g/mol. The number of carbonyl (C=O) groups is 1. The summed E-state index contributed by atoms with van der Waals surface area (Å²) in [5.74, 6) is -0.669. The number of halogens is 2. The molecule has 2 rings (SSSR count). The predicted octanol–water partition coefficient (Wildman–Crippen LogP) is 4.24. The van der Waals surface area contributed by atoms with E-state index in [1.165, 1.54) is 7.11 Å². The van der Waals surface area contributed by atoms with E-state index in [1.807, 2.05) is 19.1 Å². The minimum Gasteiger partial charge on any atom is -0.469 e. The Morgan fingerprint density at radius 1 is 1.47 bits per heavy atom. The SMILES string of the molecule is COC(=O)C(C)c1cc(Cl)nc2c(C)c(Br)ccc12. The molecule has 0 amide bonds. The summed E-state index contributed by atoms with van der Waals surface area (Å²) in [6.45, 7) is 3.76. The van der Waals surface area contributed by atoms with Crippen LogP contribution in [-0.4, -0.2) is 18.1 Å². The highest BCUT2D eigenvalue weighted by atomic mass is 79.9. The van der Waals surface area contributed by atoms with Gasteiger partial charge in [0.15, 0.2) is 0 Å². The molecular weight excluding hydrogens is 330 g/mol. The summed E-state index contributed by atoms with van der Waals surface area (Å²) in [7, 11) is 1.38. The number of carbonyl (C=O) groups excluding carboxylic acids is 1. The van der Waals surface area contributed by atoms with E-state index >= 15 is 0 Å². The zero-order valence-electron chi connectivity index (χ0n) is 10.8. The molecule has 0 bridgehead atoms. The molecule has 19 heavy (non-hydrogen) atoms. The number of hydrogen-bond acceptors (Lipinski definition) is 3. The molecule has 1 aromatic heterocycles. The number of nitrogens with zero attached hydrogens (tertiary/aromatic N) is 1. The Hall–Kier alpha value is -1.13. The summed E-state index contributed by atoms with van der Waals surface area (Å²) < 4.78 is 5.76. The number of benzene rings is 1. The molecule has 1 atom stereocenters. The lowest BCUT2D eigenvalue weighted by Gasteiger charge is -2.14. The van der Waals surface area contributed by atoms with E-state index in [0.29, 0.717) is 5.15 Å². The van der Waals surface area contributed by atoms with Gasteiger partial charge in [-0.2, -0.15) is 0 Å². The normalized spacial score (nSPS) is 12.5. The van der Waals surface area contributed by atoms with E-state index < -0.39 is 0 Å². The van der Waals surface area contributed by atoms with Crippen molar-refractivity contribution in [1.29, 1.82) is 0 Å². The van der Waals surface area contributed by atoms with Crippen molar-refractivity contribution in [3.05, 3.63) is 39.0 Å². The average molecular weight is 343 g/mol. The number of hydrogen-bond donors (Lipinski definition) is 0. The Bertz CT molecular complexity index is 657. The lowest BCUT2D eigenvalue weighted by atomic mass is 9.96. The molecule has 0 aliphatic carbocycles. The fourth-order valence-electron chi connectivity index (χ4n) is 2.06. The molecule has 5 heteroatoms. The van der Waals surface area contributed by atoms with Gasteiger partial charge < -0.3 is 4.74 Å². The van der Waals surface area contributed by atoms with Gasteiger partial charge in [-0.1, -0.05) is 33.6 Å². The van der Waals surface area contributed by atoms with Crippen LogP contribution in [-0.2, 0) is 9.53 Å². The van der Waals surface area contributed by atoms with E-state index in [4.69, 9.17) is 16.3 Å². The summed E-state index contributed by atoms with van der Waals surface area (Å²) in [4.78, 5) is 16.1. The van der Waals surface area contributed by atoms with Crippen molar-refractivity contribution in [1.82, 2.24) is 4.98 Å². The smallest absolute Gasteiger partial charge is 0.312 e. The van der Waals surface area contributed by atoms with Crippen molar-refractivity contribution in [3.8, 4) is 0 Å². The van der Waals surface area contributed by atoms with Crippen LogP contribution in [0, 0.1) is 6.92 Å². The van der Waals surface area contributed by atoms with Gasteiger partial charge >= 0.3 is 5.97 Å². The van der Waals surface area contributed by atoms with Crippen molar-refractivity contribution < 1.29 is 9.53 Å². The summed E-state index contributed by atoms with van der Waals surface area (Å²) >= 11 is 9.53. The first kappa shape index (κ1) is 14.3. The third kappa shape index (κ3) is 2.60. The number of fused-ring (bicyclic) bond motifs is 1. The van der Waals surface area contributed by atoms with Gasteiger partial charge in [-0.25, -0.2) is 4.98 Å². The maximum absolute atomic E-state index is 11.7. The molecule has 1 aromatic carbocycles. The Balaban J connectivity index is 2.74. The largest absolute Gasteiger partial charge is 0.469 e. The van der Waals surface area contributed by atoms with Crippen LogP contribution in [0.5, 0.6) is 0 Å². The van der Waals surface area contributed by atoms with Crippen LogP contribution >= 0.6 is 27.5 Å². The first-order chi connectivity index (χ1) is 8.95. The van der Waals surface area contributed by atoms with Crippen LogP contribution in [0.25, 0.3) is 10.9 Å². The Morgan fingerprint density at radius 2 is 2.16 bits per heavy atom. The van der Waals surface area contributed by atoms with Crippen LogP contribution in [0.15, 0.2) is 22.7 Å². The highest BCUT2D eigenvalue weighted by Gasteiger charge is 2.20. The minimum atomic E-state index is -0.381. The molecule has 1 heterocycles. The maximum atomic E-state index is 11.7. The van der Waals surface area contributed by atoms with Gasteiger partial charge in [0.2, 0.25) is 0 Å². The van der Waals surface area contributed by atoms with Gasteiger partial charge in [0.05, 0.1) is 18.5 Å². The van der Waals surface area contributed by atoms with Gasteiger partial charge in [-0.15, -0.1) is 0 Å². The molecule has 0 aliphatic heterocycles. The van der Waals surface area contributed by atoms with Crippen LogP contribution in [0.1, 0.15) is 24.0 Å². The number of pyridine rings is 1. The molecule has 0 fully saturated rings. The molecule has 0 radical (unpaired) electrons. The van der Waals surface area contributed by atoms with E-state index in [0.717, 1.165) is 26.5 Å². The quantitative estimate of drug-likeness (QED) is 0.605. The molecule has 3 nitrogen and oxygen atoms in total. The number of methoxy groups -OCH3 is 1. The number of aryl methyl sites for hydroxylation is 1. The Morgan fingerprint density at radius 3 is 2.79 bits per heavy atom. The van der Waals surface area contributed by atoms with E-state index in [1.54, 1.807) is 13.0 Å². The molecule has 0 saturated heterocycles. The third-order valence-electron chi connectivity index (χ3n) is 3.19. The molecule has 0 N–H and O–H groups in total. The van der Waals surface area contributed by atoms with Crippen LogP contribution < -0.4 is 0 Å². The lowest BCUT2D eigenvalue weighted by molar-refractivity contribution is -0.141. The first-order valence-corrected chi connectivity index (χ1v) is 6.96. The van der Waals surface area contributed by atoms with Crippen molar-refractivity contribution in [2.75, 3.05) is 7.11 Å². The number of rotatable bonds is 2. The average Bonchev–Trinajstić information content (AvgIpc) is 2.41. The predicted molar refractivity (Wildman–Crippen MR) is 79.6 cm³/mol. The van der Waals surface area contributed by atoms with Gasteiger partial charge in [0, 0.05) is 9.86 Å². The van der Waals surface area contributed by atoms with Crippen molar-refractivity contribution in [2.24, 2.45) is 0 Å². The van der Waals surface area contributed by atoms with Gasteiger partial charge in [-0.05, 0) is 37.1 Å². The summed E-state index contributed by atoms with van der Waals surface area (Å²) in [5.41, 5.74) is 2.63. The van der Waals surface area contributed by atoms with E-state index in [2.05, 4.69) is 20.9 Å². The second-order valence-corrected chi connectivity index (χ2v) is 5.59. The fourth-order valence-corrected chi connectivity index (χ4v) is 2.58. The topological polar surface area (TPSA) is 39.2 Å². The second-order valence-electron chi connectivity index (χ2n) is 4.35.